The predicted octanol–water partition coefficient (Wildman–Crippen LogP) is 1.90. The molecule has 1 aromatic rings. The van der Waals surface area contributed by atoms with Crippen molar-refractivity contribution in [2.24, 2.45) is 11.3 Å². The SMILES string of the molecule is O=C(O)CC1CC2(C1)CN(c1ccc(C3CCC(=O)NC3=O)cc1)C2. The van der Waals surface area contributed by atoms with E-state index in [1.807, 2.05) is 24.3 Å². The van der Waals surface area contributed by atoms with Gasteiger partial charge in [0.2, 0.25) is 11.8 Å². The molecule has 1 aliphatic carbocycles. The maximum atomic E-state index is 11.9. The minimum atomic E-state index is -0.694. The fourth-order valence-electron chi connectivity index (χ4n) is 4.69. The number of carboxylic acid groups (broad SMARTS) is 1. The molecule has 2 heterocycles. The first-order chi connectivity index (χ1) is 11.9. The summed E-state index contributed by atoms with van der Waals surface area (Å²) >= 11 is 0. The summed E-state index contributed by atoms with van der Waals surface area (Å²) < 4.78 is 0. The minimum Gasteiger partial charge on any atom is -0.481 e. The summed E-state index contributed by atoms with van der Waals surface area (Å²) in [7, 11) is 0. The molecule has 6 heteroatoms. The first kappa shape index (κ1) is 16.1. The number of carbonyl (C=O) groups excluding carboxylic acids is 2. The lowest BCUT2D eigenvalue weighted by molar-refractivity contribution is -0.140. The number of benzene rings is 1. The number of hydrogen-bond donors (Lipinski definition) is 2. The van der Waals surface area contributed by atoms with Crippen molar-refractivity contribution in [3.8, 4) is 0 Å². The van der Waals surface area contributed by atoms with E-state index < -0.39 is 5.97 Å². The summed E-state index contributed by atoms with van der Waals surface area (Å²) in [5, 5.41) is 11.2. The van der Waals surface area contributed by atoms with Crippen molar-refractivity contribution < 1.29 is 19.5 Å². The van der Waals surface area contributed by atoms with Crippen molar-refractivity contribution in [2.75, 3.05) is 18.0 Å². The van der Waals surface area contributed by atoms with Gasteiger partial charge >= 0.3 is 5.97 Å². The number of imide groups is 1. The van der Waals surface area contributed by atoms with Gasteiger partial charge in [0, 0.05) is 37.0 Å². The number of nitrogens with zero attached hydrogens (tertiary/aromatic N) is 1. The molecule has 2 aliphatic heterocycles. The van der Waals surface area contributed by atoms with Gasteiger partial charge in [-0.2, -0.15) is 0 Å². The van der Waals surface area contributed by atoms with E-state index in [0.29, 0.717) is 30.6 Å². The zero-order chi connectivity index (χ0) is 17.6. The van der Waals surface area contributed by atoms with Crippen molar-refractivity contribution in [2.45, 2.75) is 38.0 Å². The van der Waals surface area contributed by atoms with Crippen molar-refractivity contribution in [3.63, 3.8) is 0 Å². The second-order valence-electron chi connectivity index (χ2n) is 7.82. The number of aliphatic carboxylic acids is 1. The highest BCUT2D eigenvalue weighted by Gasteiger charge is 2.52. The van der Waals surface area contributed by atoms with Crippen LogP contribution in [-0.4, -0.2) is 36.0 Å². The summed E-state index contributed by atoms with van der Waals surface area (Å²) in [6.07, 6.45) is 3.29. The van der Waals surface area contributed by atoms with Crippen molar-refractivity contribution in [1.29, 1.82) is 0 Å². The van der Waals surface area contributed by atoms with Crippen LogP contribution in [0.5, 0.6) is 0 Å². The lowest BCUT2D eigenvalue weighted by Gasteiger charge is -2.60. The van der Waals surface area contributed by atoms with E-state index in [9.17, 15) is 14.4 Å². The molecule has 2 N–H and O–H groups in total. The van der Waals surface area contributed by atoms with Gasteiger partial charge in [-0.25, -0.2) is 0 Å². The molecule has 0 aromatic heterocycles. The molecule has 2 amide bonds. The average Bonchev–Trinajstić information content (AvgIpc) is 2.48. The molecule has 3 fully saturated rings. The molecule has 1 unspecified atom stereocenters. The lowest BCUT2D eigenvalue weighted by atomic mass is 9.57. The molecule has 3 aliphatic rings. The normalized spacial score (nSPS) is 25.3. The molecule has 0 bridgehead atoms. The fraction of sp³-hybridized carbons (Fsp3) is 0.526. The van der Waals surface area contributed by atoms with Gasteiger partial charge in [0.15, 0.2) is 0 Å². The second kappa shape index (κ2) is 5.86. The van der Waals surface area contributed by atoms with Gasteiger partial charge in [0.1, 0.15) is 0 Å². The first-order valence-corrected chi connectivity index (χ1v) is 8.85. The van der Waals surface area contributed by atoms with Crippen LogP contribution < -0.4 is 10.2 Å². The van der Waals surface area contributed by atoms with Crippen LogP contribution in [0.3, 0.4) is 0 Å². The number of amides is 2. The lowest BCUT2D eigenvalue weighted by Crippen LogP contribution is -2.62. The highest BCUT2D eigenvalue weighted by atomic mass is 16.4. The number of hydrogen-bond acceptors (Lipinski definition) is 4. The van der Waals surface area contributed by atoms with Crippen LogP contribution in [0.2, 0.25) is 0 Å². The predicted molar refractivity (Wildman–Crippen MR) is 91.2 cm³/mol. The number of rotatable bonds is 4. The summed E-state index contributed by atoms with van der Waals surface area (Å²) in [4.78, 5) is 36.3. The van der Waals surface area contributed by atoms with Gasteiger partial charge in [-0.1, -0.05) is 12.1 Å². The summed E-state index contributed by atoms with van der Waals surface area (Å²) in [6, 6.07) is 8.04. The Labute approximate surface area is 146 Å². The Bertz CT molecular complexity index is 713. The Morgan fingerprint density at radius 3 is 2.48 bits per heavy atom. The van der Waals surface area contributed by atoms with E-state index in [-0.39, 0.29) is 17.7 Å². The van der Waals surface area contributed by atoms with E-state index in [0.717, 1.165) is 37.2 Å². The topological polar surface area (TPSA) is 86.7 Å². The van der Waals surface area contributed by atoms with Crippen molar-refractivity contribution in [1.82, 2.24) is 5.32 Å². The average molecular weight is 342 g/mol. The van der Waals surface area contributed by atoms with E-state index in [1.165, 1.54) is 0 Å². The largest absolute Gasteiger partial charge is 0.481 e. The van der Waals surface area contributed by atoms with Crippen LogP contribution in [0.1, 0.15) is 43.6 Å². The second-order valence-corrected chi connectivity index (χ2v) is 7.82. The Kier molecular flexibility index (Phi) is 3.78. The number of carbonyl (C=O) groups is 3. The van der Waals surface area contributed by atoms with Crippen LogP contribution in [0.4, 0.5) is 5.69 Å². The quantitative estimate of drug-likeness (QED) is 0.816. The van der Waals surface area contributed by atoms with E-state index in [4.69, 9.17) is 5.11 Å². The maximum Gasteiger partial charge on any atom is 0.303 e. The molecule has 1 saturated carbocycles. The zero-order valence-corrected chi connectivity index (χ0v) is 14.0. The third-order valence-electron chi connectivity index (χ3n) is 5.86. The highest BCUT2D eigenvalue weighted by molar-refractivity contribution is 6.00. The van der Waals surface area contributed by atoms with Crippen LogP contribution in [-0.2, 0) is 14.4 Å². The Morgan fingerprint density at radius 1 is 1.20 bits per heavy atom. The molecule has 2 saturated heterocycles. The molecule has 25 heavy (non-hydrogen) atoms. The molecule has 6 nitrogen and oxygen atoms in total. The van der Waals surface area contributed by atoms with Gasteiger partial charge in [0.25, 0.3) is 0 Å². The molecule has 4 rings (SSSR count). The minimum absolute atomic E-state index is 0.189. The molecule has 0 radical (unpaired) electrons. The van der Waals surface area contributed by atoms with Crippen LogP contribution in [0.15, 0.2) is 24.3 Å². The molecule has 1 atom stereocenters. The summed E-state index contributed by atoms with van der Waals surface area (Å²) in [5.41, 5.74) is 2.42. The molecular weight excluding hydrogens is 320 g/mol. The molecule has 132 valence electrons. The molecule has 1 aromatic carbocycles. The Balaban J connectivity index is 1.33. The molecular formula is C19H22N2O4. The summed E-state index contributed by atoms with van der Waals surface area (Å²) in [6.45, 7) is 1.97. The van der Waals surface area contributed by atoms with Crippen LogP contribution >= 0.6 is 0 Å². The van der Waals surface area contributed by atoms with Crippen LogP contribution in [0.25, 0.3) is 0 Å². The standard InChI is InChI=1S/C19H22N2O4/c22-16-6-5-15(18(25)20-16)13-1-3-14(4-2-13)21-10-19(11-21)8-12(9-19)7-17(23)24/h1-4,12,15H,5-11H2,(H,23,24)(H,20,22,25). The van der Waals surface area contributed by atoms with E-state index in [1.54, 1.807) is 0 Å². The maximum absolute atomic E-state index is 11.9. The summed E-state index contributed by atoms with van der Waals surface area (Å²) in [5.74, 6) is -0.983. The van der Waals surface area contributed by atoms with Crippen molar-refractivity contribution >= 4 is 23.5 Å². The number of nitrogens with one attached hydrogen (secondary N) is 1. The zero-order valence-electron chi connectivity index (χ0n) is 14.0. The smallest absolute Gasteiger partial charge is 0.303 e. The van der Waals surface area contributed by atoms with Crippen molar-refractivity contribution in [3.05, 3.63) is 29.8 Å². The molecule has 1 spiro atoms. The third-order valence-corrected chi connectivity index (χ3v) is 5.86. The van der Waals surface area contributed by atoms with Gasteiger partial charge in [0.05, 0.1) is 5.92 Å². The number of piperidine rings is 1. The number of anilines is 1. The monoisotopic (exact) mass is 342 g/mol. The van der Waals surface area contributed by atoms with Gasteiger partial charge in [-0.15, -0.1) is 0 Å². The Hall–Kier alpha value is -2.37. The first-order valence-electron chi connectivity index (χ1n) is 8.85. The van der Waals surface area contributed by atoms with Gasteiger partial charge in [-0.3, -0.25) is 19.7 Å². The number of carboxylic acids is 1. The third kappa shape index (κ3) is 3.01. The van der Waals surface area contributed by atoms with Crippen LogP contribution in [0, 0.1) is 11.3 Å². The Morgan fingerprint density at radius 2 is 1.88 bits per heavy atom. The van der Waals surface area contributed by atoms with E-state index >= 15 is 0 Å². The van der Waals surface area contributed by atoms with Gasteiger partial charge in [-0.05, 0) is 42.9 Å². The fourth-order valence-corrected chi connectivity index (χ4v) is 4.69. The highest BCUT2D eigenvalue weighted by Crippen LogP contribution is 2.53. The van der Waals surface area contributed by atoms with E-state index in [2.05, 4.69) is 10.2 Å². The van der Waals surface area contributed by atoms with Gasteiger partial charge < -0.3 is 10.0 Å².